The second-order valence-corrected chi connectivity index (χ2v) is 6.36. The van der Waals surface area contributed by atoms with Crippen LogP contribution in [0.25, 0.3) is 0 Å². The summed E-state index contributed by atoms with van der Waals surface area (Å²) in [6, 6.07) is 6.45. The number of thiazole rings is 1. The summed E-state index contributed by atoms with van der Waals surface area (Å²) in [6.07, 6.45) is 0. The van der Waals surface area contributed by atoms with Crippen molar-refractivity contribution in [2.75, 3.05) is 32.2 Å². The highest BCUT2D eigenvalue weighted by Crippen LogP contribution is 2.27. The van der Waals surface area contributed by atoms with E-state index in [2.05, 4.69) is 61.8 Å². The van der Waals surface area contributed by atoms with Gasteiger partial charge in [-0.15, -0.1) is 11.3 Å². The number of rotatable bonds is 8. The van der Waals surface area contributed by atoms with Crippen molar-refractivity contribution in [3.8, 4) is 0 Å². The van der Waals surface area contributed by atoms with Gasteiger partial charge in [0, 0.05) is 37.1 Å². The summed E-state index contributed by atoms with van der Waals surface area (Å²) in [4.78, 5) is 6.52. The van der Waals surface area contributed by atoms with E-state index in [1.54, 1.807) is 18.4 Å². The Kier molecular flexibility index (Phi) is 6.63. The molecule has 2 rings (SSSR count). The number of hydrogen-bond donors (Lipinski definition) is 1. The van der Waals surface area contributed by atoms with Crippen LogP contribution in [0.5, 0.6) is 0 Å². The minimum Gasteiger partial charge on any atom is -0.383 e. The zero-order valence-corrected chi connectivity index (χ0v) is 14.7. The van der Waals surface area contributed by atoms with Crippen LogP contribution in [0, 0.1) is 0 Å². The molecule has 0 unspecified atom stereocenters. The standard InChI is InChI=1S/C15H20BrN3OS/c1-19(9-13-10-21-11-18-13)15-4-3-12(7-14(15)16)8-17-5-6-20-2/h3-4,7,10-11,17H,5-6,8-9H2,1-2H3. The van der Waals surface area contributed by atoms with Crippen LogP contribution in [0.1, 0.15) is 11.3 Å². The van der Waals surface area contributed by atoms with Gasteiger partial charge in [0.2, 0.25) is 0 Å². The molecule has 4 nitrogen and oxygen atoms in total. The van der Waals surface area contributed by atoms with E-state index in [0.29, 0.717) is 0 Å². The summed E-state index contributed by atoms with van der Waals surface area (Å²) in [5.74, 6) is 0. The third-order valence-electron chi connectivity index (χ3n) is 3.12. The number of nitrogens with zero attached hydrogens (tertiary/aromatic N) is 2. The second-order valence-electron chi connectivity index (χ2n) is 4.79. The minimum atomic E-state index is 0.732. The Bertz CT molecular complexity index is 548. The van der Waals surface area contributed by atoms with Crippen molar-refractivity contribution in [1.29, 1.82) is 0 Å². The number of nitrogens with one attached hydrogen (secondary N) is 1. The first-order valence-corrected chi connectivity index (χ1v) is 8.50. The lowest BCUT2D eigenvalue weighted by Gasteiger charge is -2.20. The molecular formula is C15H20BrN3OS. The minimum absolute atomic E-state index is 0.732. The Balaban J connectivity index is 1.94. The molecule has 1 aromatic carbocycles. The molecule has 1 N–H and O–H groups in total. The van der Waals surface area contributed by atoms with Crippen molar-refractivity contribution in [2.24, 2.45) is 0 Å². The van der Waals surface area contributed by atoms with Gasteiger partial charge in [0.1, 0.15) is 0 Å². The first-order chi connectivity index (χ1) is 10.2. The molecule has 0 aliphatic heterocycles. The average molecular weight is 370 g/mol. The van der Waals surface area contributed by atoms with Crippen molar-refractivity contribution in [3.05, 3.63) is 44.8 Å². The van der Waals surface area contributed by atoms with Crippen LogP contribution in [-0.4, -0.2) is 32.3 Å². The molecule has 0 radical (unpaired) electrons. The normalized spacial score (nSPS) is 10.8. The molecule has 0 atom stereocenters. The molecule has 0 saturated carbocycles. The zero-order chi connectivity index (χ0) is 15.1. The number of aromatic nitrogens is 1. The molecule has 1 aromatic heterocycles. The van der Waals surface area contributed by atoms with E-state index in [1.165, 1.54) is 11.3 Å². The summed E-state index contributed by atoms with van der Waals surface area (Å²) in [7, 11) is 3.79. The van der Waals surface area contributed by atoms with E-state index in [9.17, 15) is 0 Å². The van der Waals surface area contributed by atoms with Gasteiger partial charge in [-0.2, -0.15) is 0 Å². The van der Waals surface area contributed by atoms with Crippen molar-refractivity contribution in [2.45, 2.75) is 13.1 Å². The Morgan fingerprint density at radius 2 is 2.29 bits per heavy atom. The topological polar surface area (TPSA) is 37.4 Å². The summed E-state index contributed by atoms with van der Waals surface area (Å²) in [5.41, 5.74) is 5.39. The summed E-state index contributed by atoms with van der Waals surface area (Å²) >= 11 is 5.29. The molecule has 0 saturated heterocycles. The van der Waals surface area contributed by atoms with Gasteiger partial charge in [-0.05, 0) is 33.6 Å². The molecule has 2 aromatic rings. The van der Waals surface area contributed by atoms with Crippen LogP contribution in [-0.2, 0) is 17.8 Å². The average Bonchev–Trinajstić information content (AvgIpc) is 2.96. The third-order valence-corrected chi connectivity index (χ3v) is 4.39. The Hall–Kier alpha value is -0.950. The molecule has 0 aliphatic rings. The lowest BCUT2D eigenvalue weighted by Crippen LogP contribution is -2.19. The molecule has 0 bridgehead atoms. The largest absolute Gasteiger partial charge is 0.383 e. The maximum atomic E-state index is 5.02. The van der Waals surface area contributed by atoms with Gasteiger partial charge in [-0.3, -0.25) is 0 Å². The van der Waals surface area contributed by atoms with E-state index >= 15 is 0 Å². The van der Waals surface area contributed by atoms with Crippen molar-refractivity contribution in [1.82, 2.24) is 10.3 Å². The van der Waals surface area contributed by atoms with E-state index in [4.69, 9.17) is 4.74 Å². The predicted octanol–water partition coefficient (Wildman–Crippen LogP) is 3.28. The highest BCUT2D eigenvalue weighted by atomic mass is 79.9. The number of halogens is 1. The van der Waals surface area contributed by atoms with E-state index < -0.39 is 0 Å². The van der Waals surface area contributed by atoms with Crippen molar-refractivity contribution in [3.63, 3.8) is 0 Å². The third kappa shape index (κ3) is 5.07. The number of ether oxygens (including phenoxy) is 1. The molecule has 0 aliphatic carbocycles. The quantitative estimate of drug-likeness (QED) is 0.724. The maximum Gasteiger partial charge on any atom is 0.0795 e. The monoisotopic (exact) mass is 369 g/mol. The fraction of sp³-hybridized carbons (Fsp3) is 0.400. The second kappa shape index (κ2) is 8.48. The zero-order valence-electron chi connectivity index (χ0n) is 12.3. The van der Waals surface area contributed by atoms with Gasteiger partial charge in [-0.1, -0.05) is 6.07 Å². The van der Waals surface area contributed by atoms with Gasteiger partial charge < -0.3 is 15.0 Å². The Labute approximate surface area is 138 Å². The fourth-order valence-electron chi connectivity index (χ4n) is 2.02. The van der Waals surface area contributed by atoms with Gasteiger partial charge >= 0.3 is 0 Å². The van der Waals surface area contributed by atoms with Crippen LogP contribution in [0.3, 0.4) is 0 Å². The maximum absolute atomic E-state index is 5.02. The number of anilines is 1. The molecule has 21 heavy (non-hydrogen) atoms. The van der Waals surface area contributed by atoms with Gasteiger partial charge in [0.15, 0.2) is 0 Å². The van der Waals surface area contributed by atoms with Crippen LogP contribution in [0.2, 0.25) is 0 Å². The van der Waals surface area contributed by atoms with E-state index in [0.717, 1.165) is 36.4 Å². The van der Waals surface area contributed by atoms with Crippen LogP contribution < -0.4 is 10.2 Å². The summed E-state index contributed by atoms with van der Waals surface area (Å²) < 4.78 is 6.12. The highest BCUT2D eigenvalue weighted by Gasteiger charge is 2.08. The van der Waals surface area contributed by atoms with E-state index in [-0.39, 0.29) is 0 Å². The lowest BCUT2D eigenvalue weighted by molar-refractivity contribution is 0.199. The van der Waals surface area contributed by atoms with Crippen LogP contribution in [0.4, 0.5) is 5.69 Å². The Morgan fingerprint density at radius 1 is 1.43 bits per heavy atom. The molecule has 0 amide bonds. The number of benzene rings is 1. The molecule has 0 fully saturated rings. The van der Waals surface area contributed by atoms with Gasteiger partial charge in [0.25, 0.3) is 0 Å². The van der Waals surface area contributed by atoms with E-state index in [1.807, 2.05) is 5.51 Å². The van der Waals surface area contributed by atoms with Crippen molar-refractivity contribution < 1.29 is 4.74 Å². The smallest absolute Gasteiger partial charge is 0.0795 e. The molecule has 114 valence electrons. The summed E-state index contributed by atoms with van der Waals surface area (Å²) in [6.45, 7) is 3.25. The molecule has 0 spiro atoms. The first kappa shape index (κ1) is 16.4. The number of methoxy groups -OCH3 is 1. The van der Waals surface area contributed by atoms with Crippen LogP contribution in [0.15, 0.2) is 33.6 Å². The Morgan fingerprint density at radius 3 is 2.95 bits per heavy atom. The SMILES string of the molecule is COCCNCc1ccc(N(C)Cc2cscn2)c(Br)c1. The first-order valence-electron chi connectivity index (χ1n) is 6.77. The van der Waals surface area contributed by atoms with Gasteiger partial charge in [0.05, 0.1) is 30.0 Å². The van der Waals surface area contributed by atoms with Crippen LogP contribution >= 0.6 is 27.3 Å². The molecule has 6 heteroatoms. The van der Waals surface area contributed by atoms with Gasteiger partial charge in [-0.25, -0.2) is 4.98 Å². The molecular weight excluding hydrogens is 350 g/mol. The fourth-order valence-corrected chi connectivity index (χ4v) is 3.30. The lowest BCUT2D eigenvalue weighted by atomic mass is 10.2. The molecule has 1 heterocycles. The highest BCUT2D eigenvalue weighted by molar-refractivity contribution is 9.10. The predicted molar refractivity (Wildman–Crippen MR) is 91.9 cm³/mol. The van der Waals surface area contributed by atoms with Crippen molar-refractivity contribution >= 4 is 33.0 Å². The summed E-state index contributed by atoms with van der Waals surface area (Å²) in [5, 5.41) is 5.43. The number of hydrogen-bond acceptors (Lipinski definition) is 5.